The molecule has 0 bridgehead atoms. The highest BCUT2D eigenvalue weighted by Gasteiger charge is 2.20. The molecule has 3 nitrogen and oxygen atoms in total. The molecule has 98 valence electrons. The molecule has 0 aromatic rings. The molecule has 0 spiro atoms. The van der Waals surface area contributed by atoms with Crippen molar-refractivity contribution in [3.8, 4) is 0 Å². The SMILES string of the molecule is CCCCN(CCC(C)(O)CN)C(C)CC. The van der Waals surface area contributed by atoms with Crippen molar-refractivity contribution < 1.29 is 5.11 Å². The third-order valence-corrected chi connectivity index (χ3v) is 3.39. The summed E-state index contributed by atoms with van der Waals surface area (Å²) < 4.78 is 0. The molecule has 0 aromatic heterocycles. The number of rotatable bonds is 9. The van der Waals surface area contributed by atoms with Crippen LogP contribution in [0.15, 0.2) is 0 Å². The maximum atomic E-state index is 9.90. The van der Waals surface area contributed by atoms with Crippen molar-refractivity contribution in [2.75, 3.05) is 19.6 Å². The summed E-state index contributed by atoms with van der Waals surface area (Å²) in [5.74, 6) is 0. The Labute approximate surface area is 101 Å². The van der Waals surface area contributed by atoms with Gasteiger partial charge in [0.2, 0.25) is 0 Å². The predicted molar refractivity (Wildman–Crippen MR) is 70.5 cm³/mol. The first kappa shape index (κ1) is 15.9. The van der Waals surface area contributed by atoms with E-state index in [1.165, 1.54) is 12.8 Å². The first-order valence-corrected chi connectivity index (χ1v) is 6.63. The molecule has 0 amide bonds. The quantitative estimate of drug-likeness (QED) is 0.637. The Balaban J connectivity index is 4.10. The second-order valence-corrected chi connectivity index (χ2v) is 5.10. The molecular weight excluding hydrogens is 200 g/mol. The molecular formula is C13H30N2O. The zero-order chi connectivity index (χ0) is 12.6. The van der Waals surface area contributed by atoms with E-state index in [-0.39, 0.29) is 0 Å². The molecule has 0 saturated heterocycles. The van der Waals surface area contributed by atoms with Crippen LogP contribution in [0.3, 0.4) is 0 Å². The third kappa shape index (κ3) is 6.46. The van der Waals surface area contributed by atoms with Gasteiger partial charge >= 0.3 is 0 Å². The monoisotopic (exact) mass is 230 g/mol. The lowest BCUT2D eigenvalue weighted by Crippen LogP contribution is -2.41. The van der Waals surface area contributed by atoms with Gasteiger partial charge in [-0.25, -0.2) is 0 Å². The second-order valence-electron chi connectivity index (χ2n) is 5.10. The number of hydrogen-bond donors (Lipinski definition) is 2. The lowest BCUT2D eigenvalue weighted by Gasteiger charge is -2.31. The molecule has 0 fully saturated rings. The summed E-state index contributed by atoms with van der Waals surface area (Å²) in [6.07, 6.45) is 4.38. The molecule has 3 heteroatoms. The molecule has 0 aliphatic rings. The minimum atomic E-state index is -0.710. The van der Waals surface area contributed by atoms with Crippen LogP contribution in [0.2, 0.25) is 0 Å². The molecule has 0 aromatic carbocycles. The van der Waals surface area contributed by atoms with Gasteiger partial charge in [0, 0.05) is 19.1 Å². The zero-order valence-electron chi connectivity index (χ0n) is 11.5. The van der Waals surface area contributed by atoms with E-state index in [4.69, 9.17) is 5.73 Å². The van der Waals surface area contributed by atoms with Crippen molar-refractivity contribution in [1.82, 2.24) is 4.90 Å². The molecule has 0 rings (SSSR count). The minimum absolute atomic E-state index is 0.342. The zero-order valence-corrected chi connectivity index (χ0v) is 11.5. The molecule has 0 aliphatic carbocycles. The predicted octanol–water partition coefficient (Wildman–Crippen LogP) is 1.99. The van der Waals surface area contributed by atoms with Gasteiger partial charge in [0.1, 0.15) is 0 Å². The van der Waals surface area contributed by atoms with Gasteiger partial charge in [-0.1, -0.05) is 20.3 Å². The molecule has 0 saturated carbocycles. The summed E-state index contributed by atoms with van der Waals surface area (Å²) >= 11 is 0. The van der Waals surface area contributed by atoms with Crippen LogP contribution in [0.1, 0.15) is 53.4 Å². The smallest absolute Gasteiger partial charge is 0.0753 e. The fourth-order valence-electron chi connectivity index (χ4n) is 1.66. The van der Waals surface area contributed by atoms with E-state index < -0.39 is 5.60 Å². The van der Waals surface area contributed by atoms with Crippen LogP contribution in [0.25, 0.3) is 0 Å². The number of unbranched alkanes of at least 4 members (excludes halogenated alkanes) is 1. The maximum absolute atomic E-state index is 9.90. The lowest BCUT2D eigenvalue weighted by molar-refractivity contribution is 0.0420. The number of aliphatic hydroxyl groups is 1. The average Bonchev–Trinajstić information content (AvgIpc) is 2.28. The Morgan fingerprint density at radius 2 is 1.94 bits per heavy atom. The summed E-state index contributed by atoms with van der Waals surface area (Å²) in [7, 11) is 0. The molecule has 0 aliphatic heterocycles. The standard InChI is InChI=1S/C13H30N2O/c1-5-7-9-15(12(3)6-2)10-8-13(4,16)11-14/h12,16H,5-11,14H2,1-4H3. The van der Waals surface area contributed by atoms with Crippen LogP contribution in [-0.4, -0.2) is 41.3 Å². The third-order valence-electron chi connectivity index (χ3n) is 3.39. The van der Waals surface area contributed by atoms with E-state index in [9.17, 15) is 5.11 Å². The van der Waals surface area contributed by atoms with Gasteiger partial charge in [-0.05, 0) is 39.7 Å². The van der Waals surface area contributed by atoms with Gasteiger partial charge < -0.3 is 15.7 Å². The Hall–Kier alpha value is -0.120. The fraction of sp³-hybridized carbons (Fsp3) is 1.00. The molecule has 3 N–H and O–H groups in total. The normalized spacial score (nSPS) is 17.4. The van der Waals surface area contributed by atoms with E-state index in [0.29, 0.717) is 12.6 Å². The fourth-order valence-corrected chi connectivity index (χ4v) is 1.66. The van der Waals surface area contributed by atoms with Gasteiger partial charge in [-0.3, -0.25) is 0 Å². The van der Waals surface area contributed by atoms with Crippen molar-refractivity contribution >= 4 is 0 Å². The van der Waals surface area contributed by atoms with Crippen LogP contribution in [0.4, 0.5) is 0 Å². The Morgan fingerprint density at radius 3 is 2.38 bits per heavy atom. The van der Waals surface area contributed by atoms with Crippen LogP contribution < -0.4 is 5.73 Å². The van der Waals surface area contributed by atoms with Crippen molar-refractivity contribution in [3.63, 3.8) is 0 Å². The van der Waals surface area contributed by atoms with Crippen LogP contribution in [-0.2, 0) is 0 Å². The second kappa shape index (κ2) is 8.04. The maximum Gasteiger partial charge on any atom is 0.0753 e. The lowest BCUT2D eigenvalue weighted by atomic mass is 10.0. The highest BCUT2D eigenvalue weighted by Crippen LogP contribution is 2.12. The summed E-state index contributed by atoms with van der Waals surface area (Å²) in [4.78, 5) is 2.47. The van der Waals surface area contributed by atoms with E-state index in [2.05, 4.69) is 25.7 Å². The van der Waals surface area contributed by atoms with Crippen LogP contribution in [0, 0.1) is 0 Å². The Morgan fingerprint density at radius 1 is 1.31 bits per heavy atom. The summed E-state index contributed by atoms with van der Waals surface area (Å²) in [6.45, 7) is 10.9. The Kier molecular flexibility index (Phi) is 7.98. The average molecular weight is 230 g/mol. The minimum Gasteiger partial charge on any atom is -0.389 e. The highest BCUT2D eigenvalue weighted by atomic mass is 16.3. The number of hydrogen-bond acceptors (Lipinski definition) is 3. The summed E-state index contributed by atoms with van der Waals surface area (Å²) in [6, 6.07) is 0.597. The first-order chi connectivity index (χ1) is 7.46. The largest absolute Gasteiger partial charge is 0.389 e. The van der Waals surface area contributed by atoms with Crippen molar-refractivity contribution in [3.05, 3.63) is 0 Å². The van der Waals surface area contributed by atoms with Crippen LogP contribution in [0.5, 0.6) is 0 Å². The topological polar surface area (TPSA) is 49.5 Å². The molecule has 2 unspecified atom stereocenters. The van der Waals surface area contributed by atoms with Crippen molar-refractivity contribution in [2.45, 2.75) is 65.0 Å². The van der Waals surface area contributed by atoms with Gasteiger partial charge in [-0.15, -0.1) is 0 Å². The van der Waals surface area contributed by atoms with Crippen molar-refractivity contribution in [2.24, 2.45) is 5.73 Å². The number of nitrogens with two attached hydrogens (primary N) is 1. The van der Waals surface area contributed by atoms with E-state index in [0.717, 1.165) is 25.9 Å². The molecule has 2 atom stereocenters. The number of nitrogens with zero attached hydrogens (tertiary/aromatic N) is 1. The Bertz CT molecular complexity index is 171. The van der Waals surface area contributed by atoms with Gasteiger partial charge in [0.15, 0.2) is 0 Å². The highest BCUT2D eigenvalue weighted by molar-refractivity contribution is 4.77. The summed E-state index contributed by atoms with van der Waals surface area (Å²) in [5, 5.41) is 9.90. The van der Waals surface area contributed by atoms with Gasteiger partial charge in [-0.2, -0.15) is 0 Å². The summed E-state index contributed by atoms with van der Waals surface area (Å²) in [5.41, 5.74) is 4.82. The van der Waals surface area contributed by atoms with Crippen molar-refractivity contribution in [1.29, 1.82) is 0 Å². The van der Waals surface area contributed by atoms with E-state index in [1.54, 1.807) is 0 Å². The molecule has 16 heavy (non-hydrogen) atoms. The molecule has 0 radical (unpaired) electrons. The molecule has 0 heterocycles. The first-order valence-electron chi connectivity index (χ1n) is 6.63. The van der Waals surface area contributed by atoms with E-state index in [1.807, 2.05) is 6.92 Å². The van der Waals surface area contributed by atoms with E-state index >= 15 is 0 Å². The van der Waals surface area contributed by atoms with Crippen LogP contribution >= 0.6 is 0 Å². The van der Waals surface area contributed by atoms with Gasteiger partial charge in [0.25, 0.3) is 0 Å². The van der Waals surface area contributed by atoms with Gasteiger partial charge in [0.05, 0.1) is 5.60 Å².